The Morgan fingerprint density at radius 1 is 1.12 bits per heavy atom. The van der Waals surface area contributed by atoms with E-state index in [4.69, 9.17) is 9.47 Å². The number of fused-ring (bicyclic) bond motifs is 1. The molecule has 0 saturated heterocycles. The van der Waals surface area contributed by atoms with Crippen LogP contribution in [0.4, 0.5) is 11.5 Å². The van der Waals surface area contributed by atoms with Crippen LogP contribution in [-0.2, 0) is 11.4 Å². The van der Waals surface area contributed by atoms with Crippen molar-refractivity contribution in [3.8, 4) is 11.5 Å². The lowest BCUT2D eigenvalue weighted by Crippen LogP contribution is -2.28. The average Bonchev–Trinajstić information content (AvgIpc) is 3.32. The minimum Gasteiger partial charge on any atom is -0.491 e. The summed E-state index contributed by atoms with van der Waals surface area (Å²) in [5.74, 6) is 2.11. The lowest BCUT2D eigenvalue weighted by atomic mass is 10.1. The molecule has 2 aromatic carbocycles. The number of anilines is 2. The van der Waals surface area contributed by atoms with Crippen LogP contribution in [0.2, 0.25) is 0 Å². The van der Waals surface area contributed by atoms with Crippen molar-refractivity contribution in [2.75, 3.05) is 25.5 Å². The van der Waals surface area contributed by atoms with E-state index >= 15 is 0 Å². The largest absolute Gasteiger partial charge is 0.491 e. The van der Waals surface area contributed by atoms with Gasteiger partial charge in [-0.15, -0.1) is 11.3 Å². The zero-order chi connectivity index (χ0) is 23.2. The number of hydrogen-bond donors (Lipinski definition) is 1. The third kappa shape index (κ3) is 5.56. The molecule has 0 unspecified atom stereocenters. The van der Waals surface area contributed by atoms with Gasteiger partial charge in [0.2, 0.25) is 5.91 Å². The number of aromatic nitrogens is 3. The number of rotatable bonds is 9. The molecule has 0 bridgehead atoms. The van der Waals surface area contributed by atoms with Crippen molar-refractivity contribution in [1.29, 1.82) is 0 Å². The smallest absolute Gasteiger partial charge is 0.219 e. The zero-order valence-electron chi connectivity index (χ0n) is 18.7. The van der Waals surface area contributed by atoms with Gasteiger partial charge in [0, 0.05) is 25.0 Å². The number of ether oxygens (including phenoxy) is 2. The molecule has 0 radical (unpaired) electrons. The lowest BCUT2D eigenvalue weighted by molar-refractivity contribution is -0.127. The summed E-state index contributed by atoms with van der Waals surface area (Å²) in [7, 11) is 1.75. The van der Waals surface area contributed by atoms with Crippen molar-refractivity contribution in [2.24, 2.45) is 0 Å². The fourth-order valence-electron chi connectivity index (χ4n) is 3.23. The van der Waals surface area contributed by atoms with Crippen LogP contribution in [0.3, 0.4) is 0 Å². The Kier molecular flexibility index (Phi) is 6.99. The average molecular weight is 464 g/mol. The molecule has 4 rings (SSSR count). The van der Waals surface area contributed by atoms with Gasteiger partial charge in [-0.1, -0.05) is 6.07 Å². The molecule has 4 aromatic rings. The maximum atomic E-state index is 11.4. The van der Waals surface area contributed by atoms with Crippen LogP contribution >= 0.6 is 11.3 Å². The number of hydrogen-bond acceptors (Lipinski definition) is 8. The molecule has 1 amide bonds. The topological polar surface area (TPSA) is 89.5 Å². The predicted octanol–water partition coefficient (Wildman–Crippen LogP) is 4.57. The van der Waals surface area contributed by atoms with E-state index in [2.05, 4.69) is 20.3 Å². The van der Waals surface area contributed by atoms with Gasteiger partial charge >= 0.3 is 0 Å². The first kappa shape index (κ1) is 22.5. The predicted molar refractivity (Wildman–Crippen MR) is 129 cm³/mol. The van der Waals surface area contributed by atoms with Crippen LogP contribution in [0.1, 0.15) is 18.2 Å². The number of thiazole rings is 1. The number of amides is 1. The molecule has 0 aliphatic heterocycles. The number of carbonyl (C=O) groups excluding carboxylic acids is 1. The minimum atomic E-state index is -0.00316. The van der Waals surface area contributed by atoms with Gasteiger partial charge in [-0.3, -0.25) is 4.79 Å². The van der Waals surface area contributed by atoms with Crippen LogP contribution < -0.4 is 14.8 Å². The quantitative estimate of drug-likeness (QED) is 0.389. The second-order valence-corrected chi connectivity index (χ2v) is 8.25. The van der Waals surface area contributed by atoms with Crippen LogP contribution in [0.15, 0.2) is 53.6 Å². The highest BCUT2D eigenvalue weighted by Gasteiger charge is 2.12. The molecule has 9 heteroatoms. The van der Waals surface area contributed by atoms with E-state index in [1.807, 2.05) is 48.7 Å². The molecule has 2 heterocycles. The molecule has 170 valence electrons. The molecule has 1 N–H and O–H groups in total. The molecular weight excluding hydrogens is 438 g/mol. The van der Waals surface area contributed by atoms with Crippen LogP contribution in [0, 0.1) is 6.92 Å². The maximum absolute atomic E-state index is 11.4. The van der Waals surface area contributed by atoms with Crippen molar-refractivity contribution in [3.63, 3.8) is 0 Å². The molecule has 0 spiro atoms. The summed E-state index contributed by atoms with van der Waals surface area (Å²) in [6.07, 6.45) is 1.52. The number of aryl methyl sites for hydroxylation is 1. The second kappa shape index (κ2) is 10.3. The number of carbonyl (C=O) groups is 1. The van der Waals surface area contributed by atoms with Crippen LogP contribution in [0.25, 0.3) is 10.9 Å². The summed E-state index contributed by atoms with van der Waals surface area (Å²) in [6, 6.07) is 11.6. The molecule has 8 nitrogen and oxygen atoms in total. The Labute approximate surface area is 196 Å². The molecule has 0 saturated carbocycles. The number of likely N-dealkylation sites (N-methyl/N-ethyl adjacent to an activating group) is 1. The van der Waals surface area contributed by atoms with E-state index < -0.39 is 0 Å². The van der Waals surface area contributed by atoms with Crippen molar-refractivity contribution >= 4 is 39.7 Å². The lowest BCUT2D eigenvalue weighted by Gasteiger charge is -2.17. The van der Waals surface area contributed by atoms with Gasteiger partial charge in [-0.2, -0.15) is 0 Å². The summed E-state index contributed by atoms with van der Waals surface area (Å²) < 4.78 is 11.9. The van der Waals surface area contributed by atoms with Crippen LogP contribution in [0.5, 0.6) is 11.5 Å². The zero-order valence-corrected chi connectivity index (χ0v) is 19.6. The van der Waals surface area contributed by atoms with Gasteiger partial charge < -0.3 is 19.7 Å². The first-order valence-corrected chi connectivity index (χ1v) is 11.4. The van der Waals surface area contributed by atoms with Crippen molar-refractivity contribution in [3.05, 3.63) is 64.9 Å². The number of nitrogens with zero attached hydrogens (tertiary/aromatic N) is 4. The van der Waals surface area contributed by atoms with E-state index in [0.29, 0.717) is 31.3 Å². The SMILES string of the molecule is CC(=O)N(C)CCOc1cccc2ncnc(Nc3ccc(OCc4cscn4)c(C)c3)c12. The molecule has 0 aliphatic carbocycles. The highest BCUT2D eigenvalue weighted by atomic mass is 32.1. The van der Waals surface area contributed by atoms with E-state index in [1.165, 1.54) is 13.3 Å². The summed E-state index contributed by atoms with van der Waals surface area (Å²) in [5.41, 5.74) is 5.35. The third-order valence-corrected chi connectivity index (χ3v) is 5.78. The van der Waals surface area contributed by atoms with E-state index in [1.54, 1.807) is 28.8 Å². The summed E-state index contributed by atoms with van der Waals surface area (Å²) >= 11 is 1.55. The fraction of sp³-hybridized carbons (Fsp3) is 0.250. The van der Waals surface area contributed by atoms with E-state index in [0.717, 1.165) is 33.6 Å². The maximum Gasteiger partial charge on any atom is 0.219 e. The summed E-state index contributed by atoms with van der Waals surface area (Å²) in [4.78, 5) is 26.1. The summed E-state index contributed by atoms with van der Waals surface area (Å²) in [5, 5.41) is 6.14. The highest BCUT2D eigenvalue weighted by Crippen LogP contribution is 2.32. The van der Waals surface area contributed by atoms with Crippen molar-refractivity contribution < 1.29 is 14.3 Å². The first-order valence-electron chi connectivity index (χ1n) is 10.5. The Morgan fingerprint density at radius 3 is 2.76 bits per heavy atom. The van der Waals surface area contributed by atoms with Gasteiger partial charge in [0.05, 0.1) is 28.7 Å². The van der Waals surface area contributed by atoms with Gasteiger partial charge in [-0.05, 0) is 42.8 Å². The van der Waals surface area contributed by atoms with Gasteiger partial charge in [0.25, 0.3) is 0 Å². The molecule has 0 aliphatic rings. The Morgan fingerprint density at radius 2 is 2.00 bits per heavy atom. The highest BCUT2D eigenvalue weighted by molar-refractivity contribution is 7.07. The van der Waals surface area contributed by atoms with Crippen molar-refractivity contribution in [2.45, 2.75) is 20.5 Å². The Hall–Kier alpha value is -3.72. The molecule has 33 heavy (non-hydrogen) atoms. The third-order valence-electron chi connectivity index (χ3n) is 5.14. The minimum absolute atomic E-state index is 0.00316. The van der Waals surface area contributed by atoms with Gasteiger partial charge in [-0.25, -0.2) is 15.0 Å². The number of benzene rings is 2. The molecular formula is C24H25N5O3S. The Bertz CT molecular complexity index is 1240. The second-order valence-electron chi connectivity index (χ2n) is 7.54. The first-order chi connectivity index (χ1) is 16.0. The molecule has 0 atom stereocenters. The van der Waals surface area contributed by atoms with E-state index in [-0.39, 0.29) is 5.91 Å². The molecule has 0 fully saturated rings. The van der Waals surface area contributed by atoms with Gasteiger partial charge in [0.15, 0.2) is 0 Å². The van der Waals surface area contributed by atoms with E-state index in [9.17, 15) is 4.79 Å². The van der Waals surface area contributed by atoms with Gasteiger partial charge in [0.1, 0.15) is 36.9 Å². The van der Waals surface area contributed by atoms with Crippen molar-refractivity contribution in [1.82, 2.24) is 19.9 Å². The standard InChI is InChI=1S/C24H25N5O3S/c1-16-11-18(7-8-21(16)32-12-19-13-33-15-27-19)28-24-23-20(25-14-26-24)5-4-6-22(23)31-10-9-29(3)17(2)30/h4-8,11,13-15H,9-10,12H2,1-3H3,(H,25,26,28). The molecule has 2 aromatic heterocycles. The fourth-order valence-corrected chi connectivity index (χ4v) is 3.77. The van der Waals surface area contributed by atoms with Crippen LogP contribution in [-0.4, -0.2) is 46.0 Å². The summed E-state index contributed by atoms with van der Waals surface area (Å²) in [6.45, 7) is 4.83. The number of nitrogens with one attached hydrogen (secondary N) is 1. The normalized spacial score (nSPS) is 10.8. The Balaban J connectivity index is 1.52. The monoisotopic (exact) mass is 463 g/mol.